The maximum atomic E-state index is 13.0. The molecule has 1 amide bonds. The first kappa shape index (κ1) is 24.4. The number of hydrogen-bond donors (Lipinski definition) is 1. The predicted molar refractivity (Wildman–Crippen MR) is 136 cm³/mol. The Bertz CT molecular complexity index is 1170. The molecule has 0 bridgehead atoms. The number of likely N-dealkylation sites (N-methyl/N-ethyl adjacent to an activating group) is 1. The molecular formula is C26H34N4O3S. The number of thiophene rings is 1. The van der Waals surface area contributed by atoms with Crippen LogP contribution in [0.5, 0.6) is 11.5 Å². The standard InChI is InChI=1S/C26H34N4O3S/c1-6-30(7-2)12-13-33-20-11-8-18(14-21(20)32-5)15-27-25(31)23-16(3)22-17(4)28-24(19-9-10-19)29-26(22)34-23/h8,11,14,19H,6-7,9-10,12-13,15H2,1-5H3,(H,27,31). The van der Waals surface area contributed by atoms with Crippen LogP contribution in [0.2, 0.25) is 0 Å². The summed E-state index contributed by atoms with van der Waals surface area (Å²) in [6.07, 6.45) is 2.32. The number of methoxy groups -OCH3 is 1. The van der Waals surface area contributed by atoms with E-state index in [9.17, 15) is 4.79 Å². The largest absolute Gasteiger partial charge is 0.493 e. The Balaban J connectivity index is 1.42. The number of fused-ring (bicyclic) bond motifs is 1. The fraction of sp³-hybridized carbons (Fsp3) is 0.500. The van der Waals surface area contributed by atoms with Gasteiger partial charge in [-0.3, -0.25) is 4.79 Å². The molecule has 0 spiro atoms. The first-order valence-electron chi connectivity index (χ1n) is 12.0. The summed E-state index contributed by atoms with van der Waals surface area (Å²) in [5.74, 6) is 2.70. The maximum Gasteiger partial charge on any atom is 0.261 e. The second-order valence-electron chi connectivity index (χ2n) is 8.72. The maximum absolute atomic E-state index is 13.0. The highest BCUT2D eigenvalue weighted by atomic mass is 32.1. The van der Waals surface area contributed by atoms with Gasteiger partial charge in [0.1, 0.15) is 17.3 Å². The highest BCUT2D eigenvalue weighted by molar-refractivity contribution is 7.20. The predicted octanol–water partition coefficient (Wildman–Crippen LogP) is 4.84. The lowest BCUT2D eigenvalue weighted by atomic mass is 10.1. The normalized spacial score (nSPS) is 13.5. The van der Waals surface area contributed by atoms with Crippen molar-refractivity contribution >= 4 is 27.5 Å². The lowest BCUT2D eigenvalue weighted by Gasteiger charge is -2.19. The summed E-state index contributed by atoms with van der Waals surface area (Å²) < 4.78 is 11.5. The number of benzene rings is 1. The number of hydrogen-bond acceptors (Lipinski definition) is 7. The molecule has 1 fully saturated rings. The van der Waals surface area contributed by atoms with Crippen LogP contribution in [0.15, 0.2) is 18.2 Å². The van der Waals surface area contributed by atoms with Gasteiger partial charge in [0.2, 0.25) is 0 Å². The highest BCUT2D eigenvalue weighted by Gasteiger charge is 2.28. The van der Waals surface area contributed by atoms with Crippen LogP contribution in [0.4, 0.5) is 0 Å². The Morgan fingerprint density at radius 2 is 1.94 bits per heavy atom. The summed E-state index contributed by atoms with van der Waals surface area (Å²) in [5.41, 5.74) is 2.86. The van der Waals surface area contributed by atoms with Crippen LogP contribution in [-0.2, 0) is 6.54 Å². The van der Waals surface area contributed by atoms with E-state index < -0.39 is 0 Å². The molecule has 182 valence electrons. The van der Waals surface area contributed by atoms with Crippen molar-refractivity contribution in [3.8, 4) is 11.5 Å². The van der Waals surface area contributed by atoms with E-state index >= 15 is 0 Å². The molecule has 7 nitrogen and oxygen atoms in total. The van der Waals surface area contributed by atoms with Gasteiger partial charge in [-0.2, -0.15) is 0 Å². The second-order valence-corrected chi connectivity index (χ2v) is 9.72. The Labute approximate surface area is 205 Å². The molecule has 0 aliphatic heterocycles. The van der Waals surface area contributed by atoms with E-state index in [0.717, 1.165) is 65.3 Å². The quantitative estimate of drug-likeness (QED) is 0.421. The Hall–Kier alpha value is -2.71. The van der Waals surface area contributed by atoms with Crippen molar-refractivity contribution in [2.75, 3.05) is 33.4 Å². The van der Waals surface area contributed by atoms with Crippen molar-refractivity contribution in [3.63, 3.8) is 0 Å². The number of aryl methyl sites for hydroxylation is 2. The van der Waals surface area contributed by atoms with Gasteiger partial charge in [0.25, 0.3) is 5.91 Å². The summed E-state index contributed by atoms with van der Waals surface area (Å²) in [4.78, 5) is 26.4. The molecule has 8 heteroatoms. The SMILES string of the molecule is CCN(CC)CCOc1ccc(CNC(=O)c2sc3nc(C4CC4)nc(C)c3c2C)cc1OC. The molecule has 1 N–H and O–H groups in total. The van der Waals surface area contributed by atoms with Crippen LogP contribution in [-0.4, -0.2) is 54.1 Å². The number of aromatic nitrogens is 2. The van der Waals surface area contributed by atoms with Crippen LogP contribution in [0.1, 0.15) is 64.9 Å². The van der Waals surface area contributed by atoms with Gasteiger partial charge in [0, 0.05) is 24.4 Å². The van der Waals surface area contributed by atoms with Gasteiger partial charge < -0.3 is 19.7 Å². The average molecular weight is 483 g/mol. The van der Waals surface area contributed by atoms with Gasteiger partial charge >= 0.3 is 0 Å². The first-order chi connectivity index (χ1) is 16.4. The summed E-state index contributed by atoms with van der Waals surface area (Å²) in [7, 11) is 1.63. The smallest absolute Gasteiger partial charge is 0.261 e. The number of nitrogens with one attached hydrogen (secondary N) is 1. The third kappa shape index (κ3) is 5.33. The van der Waals surface area contributed by atoms with Gasteiger partial charge in [0.05, 0.1) is 17.7 Å². The molecule has 3 aromatic rings. The van der Waals surface area contributed by atoms with Crippen LogP contribution in [0.3, 0.4) is 0 Å². The molecule has 2 heterocycles. The van der Waals surface area contributed by atoms with Crippen LogP contribution >= 0.6 is 11.3 Å². The van der Waals surface area contributed by atoms with Crippen LogP contribution in [0, 0.1) is 13.8 Å². The second kappa shape index (κ2) is 10.7. The molecule has 1 aromatic carbocycles. The molecule has 0 unspecified atom stereocenters. The molecule has 1 aliphatic rings. The average Bonchev–Trinajstić information content (AvgIpc) is 3.64. The number of rotatable bonds is 11. The van der Waals surface area contributed by atoms with Gasteiger partial charge in [-0.25, -0.2) is 9.97 Å². The summed E-state index contributed by atoms with van der Waals surface area (Å²) in [5, 5.41) is 4.06. The van der Waals surface area contributed by atoms with E-state index in [-0.39, 0.29) is 5.91 Å². The number of carbonyl (C=O) groups excluding carboxylic acids is 1. The van der Waals surface area contributed by atoms with E-state index in [1.807, 2.05) is 32.0 Å². The number of amides is 1. The molecule has 2 aromatic heterocycles. The third-order valence-corrected chi connectivity index (χ3v) is 7.56. The topological polar surface area (TPSA) is 76.6 Å². The summed E-state index contributed by atoms with van der Waals surface area (Å²) in [6, 6.07) is 5.79. The van der Waals surface area contributed by atoms with Crippen molar-refractivity contribution in [1.29, 1.82) is 0 Å². The van der Waals surface area contributed by atoms with Crippen molar-refractivity contribution in [1.82, 2.24) is 20.2 Å². The monoisotopic (exact) mass is 482 g/mol. The van der Waals surface area contributed by atoms with E-state index in [1.54, 1.807) is 7.11 Å². The molecule has 0 radical (unpaired) electrons. The molecule has 34 heavy (non-hydrogen) atoms. The zero-order valence-corrected chi connectivity index (χ0v) is 21.6. The fourth-order valence-corrected chi connectivity index (χ4v) is 5.28. The third-order valence-electron chi connectivity index (χ3n) is 6.38. The number of carbonyl (C=O) groups is 1. The van der Waals surface area contributed by atoms with Gasteiger partial charge in [-0.1, -0.05) is 19.9 Å². The molecule has 1 aliphatic carbocycles. The lowest BCUT2D eigenvalue weighted by molar-refractivity contribution is 0.0954. The van der Waals surface area contributed by atoms with Crippen LogP contribution < -0.4 is 14.8 Å². The zero-order chi connectivity index (χ0) is 24.2. The van der Waals surface area contributed by atoms with Gasteiger partial charge in [-0.15, -0.1) is 11.3 Å². The van der Waals surface area contributed by atoms with Gasteiger partial charge in [-0.05, 0) is 63.0 Å². The van der Waals surface area contributed by atoms with E-state index in [4.69, 9.17) is 19.4 Å². The summed E-state index contributed by atoms with van der Waals surface area (Å²) in [6.45, 7) is 12.2. The number of nitrogens with zero attached hydrogens (tertiary/aromatic N) is 3. The summed E-state index contributed by atoms with van der Waals surface area (Å²) >= 11 is 1.45. The van der Waals surface area contributed by atoms with Gasteiger partial charge in [0.15, 0.2) is 11.5 Å². The molecular weight excluding hydrogens is 448 g/mol. The van der Waals surface area contributed by atoms with Crippen molar-refractivity contribution in [2.45, 2.75) is 53.0 Å². The Morgan fingerprint density at radius 1 is 1.18 bits per heavy atom. The zero-order valence-electron chi connectivity index (χ0n) is 20.7. The Kier molecular flexibility index (Phi) is 7.68. The Morgan fingerprint density at radius 3 is 2.62 bits per heavy atom. The number of ether oxygens (including phenoxy) is 2. The van der Waals surface area contributed by atoms with Crippen LogP contribution in [0.25, 0.3) is 10.2 Å². The van der Waals surface area contributed by atoms with Crippen molar-refractivity contribution < 1.29 is 14.3 Å². The highest BCUT2D eigenvalue weighted by Crippen LogP contribution is 2.40. The minimum Gasteiger partial charge on any atom is -0.493 e. The van der Waals surface area contributed by atoms with E-state index in [1.165, 1.54) is 11.3 Å². The molecule has 0 atom stereocenters. The first-order valence-corrected chi connectivity index (χ1v) is 12.8. The minimum absolute atomic E-state index is 0.0913. The lowest BCUT2D eigenvalue weighted by Crippen LogP contribution is -2.28. The molecule has 0 saturated heterocycles. The van der Waals surface area contributed by atoms with E-state index in [2.05, 4.69) is 24.1 Å². The molecule has 1 saturated carbocycles. The van der Waals surface area contributed by atoms with Crippen molar-refractivity contribution in [3.05, 3.63) is 45.7 Å². The van der Waals surface area contributed by atoms with Crippen molar-refractivity contribution in [2.24, 2.45) is 0 Å². The molecule has 4 rings (SSSR count). The van der Waals surface area contributed by atoms with E-state index in [0.29, 0.717) is 35.4 Å². The minimum atomic E-state index is -0.0913. The fourth-order valence-electron chi connectivity index (χ4n) is 4.13.